The first-order valence-electron chi connectivity index (χ1n) is 9.75. The van der Waals surface area contributed by atoms with Crippen molar-refractivity contribution in [2.75, 3.05) is 31.1 Å². The van der Waals surface area contributed by atoms with Crippen molar-refractivity contribution in [3.05, 3.63) is 28.8 Å². The molecule has 1 atom stereocenters. The smallest absolute Gasteiger partial charge is 0.322 e. The van der Waals surface area contributed by atoms with Crippen LogP contribution in [0.5, 0.6) is 0 Å². The van der Waals surface area contributed by atoms with Crippen molar-refractivity contribution in [3.63, 3.8) is 0 Å². The third-order valence-corrected chi connectivity index (χ3v) is 6.13. The fourth-order valence-corrected chi connectivity index (χ4v) is 4.18. The first-order valence-corrected chi connectivity index (χ1v) is 10.1. The van der Waals surface area contributed by atoms with Crippen LogP contribution in [-0.4, -0.2) is 60.0 Å². The summed E-state index contributed by atoms with van der Waals surface area (Å²) in [7, 11) is 0. The van der Waals surface area contributed by atoms with Crippen LogP contribution in [0.1, 0.15) is 32.3 Å². The van der Waals surface area contributed by atoms with E-state index in [9.17, 15) is 14.4 Å². The van der Waals surface area contributed by atoms with Gasteiger partial charge in [-0.2, -0.15) is 0 Å². The second-order valence-electron chi connectivity index (χ2n) is 8.33. The van der Waals surface area contributed by atoms with Gasteiger partial charge in [0.25, 0.3) is 5.91 Å². The number of rotatable bonds is 5. The largest absolute Gasteiger partial charge is 0.368 e. The molecule has 0 saturated carbocycles. The molecule has 3 rings (SSSR count). The molecule has 1 unspecified atom stereocenters. The zero-order chi connectivity index (χ0) is 21.4. The lowest BCUT2D eigenvalue weighted by Gasteiger charge is -2.40. The summed E-state index contributed by atoms with van der Waals surface area (Å²) in [6.07, 6.45) is 0.283. The summed E-state index contributed by atoms with van der Waals surface area (Å²) in [4.78, 5) is 40.9. The van der Waals surface area contributed by atoms with Crippen LogP contribution in [0.25, 0.3) is 0 Å². The number of aryl methyl sites for hydroxylation is 1. The van der Waals surface area contributed by atoms with E-state index in [1.54, 1.807) is 18.7 Å². The van der Waals surface area contributed by atoms with Crippen molar-refractivity contribution in [2.24, 2.45) is 5.73 Å². The number of halogens is 1. The van der Waals surface area contributed by atoms with Crippen LogP contribution in [0.4, 0.5) is 10.5 Å². The molecule has 2 aliphatic heterocycles. The maximum atomic E-state index is 12.8. The van der Waals surface area contributed by atoms with Crippen molar-refractivity contribution in [2.45, 2.75) is 44.7 Å². The number of nitrogens with two attached hydrogens (primary N) is 1. The van der Waals surface area contributed by atoms with Crippen LogP contribution < -0.4 is 21.3 Å². The Morgan fingerprint density at radius 1 is 1.24 bits per heavy atom. The van der Waals surface area contributed by atoms with E-state index in [4.69, 9.17) is 17.3 Å². The zero-order valence-electron chi connectivity index (χ0n) is 17.0. The average Bonchev–Trinajstić information content (AvgIpc) is 2.96. The molecule has 0 radical (unpaired) electrons. The molecule has 2 aliphatic rings. The summed E-state index contributed by atoms with van der Waals surface area (Å²) in [5, 5.41) is 5.57. The molecule has 0 spiro atoms. The highest BCUT2D eigenvalue weighted by atomic mass is 35.5. The van der Waals surface area contributed by atoms with Gasteiger partial charge in [0.1, 0.15) is 5.54 Å². The molecular formula is C20H28ClN5O3. The minimum Gasteiger partial charge on any atom is -0.368 e. The Balaban J connectivity index is 1.60. The Kier molecular flexibility index (Phi) is 5.78. The van der Waals surface area contributed by atoms with Crippen molar-refractivity contribution in [1.82, 2.24) is 15.5 Å². The summed E-state index contributed by atoms with van der Waals surface area (Å²) in [5.41, 5.74) is 6.11. The predicted molar refractivity (Wildman–Crippen MR) is 112 cm³/mol. The summed E-state index contributed by atoms with van der Waals surface area (Å²) in [5.74, 6) is -0.533. The molecule has 2 fully saturated rings. The lowest BCUT2D eigenvalue weighted by Crippen LogP contribution is -2.66. The number of amides is 4. The fourth-order valence-electron chi connectivity index (χ4n) is 4.02. The number of nitrogens with one attached hydrogen (secondary N) is 2. The molecule has 1 aromatic rings. The SMILES string of the molecule is Cc1ccc(Cl)cc1N1CCN(C(=O)CCC2(C(C)(C)N)NC(=O)NC2=O)CC1. The first kappa shape index (κ1) is 21.4. The molecule has 0 aromatic heterocycles. The Morgan fingerprint density at radius 2 is 1.90 bits per heavy atom. The minimum atomic E-state index is -1.29. The van der Waals surface area contributed by atoms with Gasteiger partial charge in [0.15, 0.2) is 0 Å². The maximum Gasteiger partial charge on any atom is 0.322 e. The van der Waals surface area contributed by atoms with Crippen LogP contribution in [0, 0.1) is 6.92 Å². The molecule has 29 heavy (non-hydrogen) atoms. The number of imide groups is 1. The number of hydrogen-bond acceptors (Lipinski definition) is 5. The van der Waals surface area contributed by atoms with E-state index in [2.05, 4.69) is 15.5 Å². The first-order chi connectivity index (χ1) is 13.5. The number of benzene rings is 1. The van der Waals surface area contributed by atoms with E-state index >= 15 is 0 Å². The second kappa shape index (κ2) is 7.84. The van der Waals surface area contributed by atoms with Crippen molar-refractivity contribution in [3.8, 4) is 0 Å². The molecule has 2 saturated heterocycles. The van der Waals surface area contributed by atoms with E-state index in [1.807, 2.05) is 25.1 Å². The lowest BCUT2D eigenvalue weighted by molar-refractivity contribution is -0.133. The van der Waals surface area contributed by atoms with Gasteiger partial charge >= 0.3 is 6.03 Å². The second-order valence-corrected chi connectivity index (χ2v) is 8.77. The standard InChI is InChI=1S/C20H28ClN5O3/c1-13-4-5-14(21)12-15(13)25-8-10-26(11-9-25)16(27)6-7-20(19(2,3)22)17(28)23-18(29)24-20/h4-5,12H,6-11,22H2,1-3H3,(H2,23,24,28,29). The fraction of sp³-hybridized carbons (Fsp3) is 0.550. The maximum absolute atomic E-state index is 12.8. The Hall–Kier alpha value is -2.32. The van der Waals surface area contributed by atoms with Crippen LogP contribution in [0.15, 0.2) is 18.2 Å². The van der Waals surface area contributed by atoms with Crippen molar-refractivity contribution < 1.29 is 14.4 Å². The van der Waals surface area contributed by atoms with Crippen molar-refractivity contribution in [1.29, 1.82) is 0 Å². The van der Waals surface area contributed by atoms with Crippen LogP contribution in [0.3, 0.4) is 0 Å². The molecular weight excluding hydrogens is 394 g/mol. The van der Waals surface area contributed by atoms with Crippen LogP contribution in [0.2, 0.25) is 5.02 Å². The molecule has 4 N–H and O–H groups in total. The van der Waals surface area contributed by atoms with Gasteiger partial charge in [-0.15, -0.1) is 0 Å². The van der Waals surface area contributed by atoms with Crippen LogP contribution >= 0.6 is 11.6 Å². The Bertz CT molecular complexity index is 830. The quantitative estimate of drug-likeness (QED) is 0.623. The Labute approximate surface area is 175 Å². The Morgan fingerprint density at radius 3 is 2.45 bits per heavy atom. The third-order valence-electron chi connectivity index (χ3n) is 5.90. The van der Waals surface area contributed by atoms with Gasteiger partial charge in [0.05, 0.1) is 0 Å². The van der Waals surface area contributed by atoms with Gasteiger partial charge in [0.2, 0.25) is 5.91 Å². The van der Waals surface area contributed by atoms with Gasteiger partial charge in [-0.25, -0.2) is 4.79 Å². The third kappa shape index (κ3) is 4.18. The number of carbonyl (C=O) groups excluding carboxylic acids is 3. The number of hydrogen-bond donors (Lipinski definition) is 3. The average molecular weight is 422 g/mol. The molecule has 2 heterocycles. The molecule has 1 aromatic carbocycles. The molecule has 8 nitrogen and oxygen atoms in total. The lowest BCUT2D eigenvalue weighted by atomic mass is 9.76. The summed E-state index contributed by atoms with van der Waals surface area (Å²) >= 11 is 6.13. The topological polar surface area (TPSA) is 108 Å². The number of carbonyl (C=O) groups is 3. The highest BCUT2D eigenvalue weighted by molar-refractivity contribution is 6.30. The predicted octanol–water partition coefficient (Wildman–Crippen LogP) is 1.39. The highest BCUT2D eigenvalue weighted by Gasteiger charge is 2.54. The molecule has 158 valence electrons. The minimum absolute atomic E-state index is 0.0509. The van der Waals surface area contributed by atoms with Gasteiger partial charge < -0.3 is 20.9 Å². The summed E-state index contributed by atoms with van der Waals surface area (Å²) < 4.78 is 0. The number of piperazine rings is 1. The summed E-state index contributed by atoms with van der Waals surface area (Å²) in [6, 6.07) is 5.23. The van der Waals surface area contributed by atoms with E-state index in [-0.39, 0.29) is 18.7 Å². The highest BCUT2D eigenvalue weighted by Crippen LogP contribution is 2.29. The zero-order valence-corrected chi connectivity index (χ0v) is 17.8. The molecule has 4 amide bonds. The number of anilines is 1. The molecule has 9 heteroatoms. The normalized spacial score (nSPS) is 22.5. The van der Waals surface area contributed by atoms with E-state index < -0.39 is 23.0 Å². The van der Waals surface area contributed by atoms with Gasteiger partial charge in [-0.05, 0) is 44.9 Å². The number of urea groups is 1. The number of nitrogens with zero attached hydrogens (tertiary/aromatic N) is 2. The van der Waals surface area contributed by atoms with E-state index in [1.165, 1.54) is 0 Å². The van der Waals surface area contributed by atoms with Crippen LogP contribution in [-0.2, 0) is 9.59 Å². The monoisotopic (exact) mass is 421 g/mol. The van der Waals surface area contributed by atoms with Gasteiger partial charge in [-0.3, -0.25) is 14.9 Å². The van der Waals surface area contributed by atoms with Gasteiger partial charge in [0, 0.05) is 48.8 Å². The van der Waals surface area contributed by atoms with E-state index in [0.717, 1.165) is 11.3 Å². The molecule has 0 aliphatic carbocycles. The van der Waals surface area contributed by atoms with Gasteiger partial charge in [-0.1, -0.05) is 17.7 Å². The van der Waals surface area contributed by atoms with E-state index in [0.29, 0.717) is 31.2 Å². The molecule has 0 bridgehead atoms. The van der Waals surface area contributed by atoms with Crippen molar-refractivity contribution >= 4 is 35.1 Å². The summed E-state index contributed by atoms with van der Waals surface area (Å²) in [6.45, 7) is 7.97.